The monoisotopic (exact) mass is 374 g/mol. The Bertz CT molecular complexity index is 1290. The molecule has 0 radical (unpaired) electrons. The fourth-order valence-electron chi connectivity index (χ4n) is 3.26. The van der Waals surface area contributed by atoms with Crippen LogP contribution >= 0.6 is 0 Å². The number of rotatable bonds is 4. The molecule has 0 bridgehead atoms. The van der Waals surface area contributed by atoms with Crippen molar-refractivity contribution in [3.63, 3.8) is 0 Å². The summed E-state index contributed by atoms with van der Waals surface area (Å²) in [4.78, 5) is 8.99. The molecule has 0 unspecified atom stereocenters. The van der Waals surface area contributed by atoms with Gasteiger partial charge in [0.2, 0.25) is 5.82 Å². The Hall–Kier alpha value is -3.75. The number of hydrogen-bond donors (Lipinski definition) is 0. The first-order valence-corrected chi connectivity index (χ1v) is 8.85. The molecule has 0 saturated heterocycles. The predicted molar refractivity (Wildman–Crippen MR) is 103 cm³/mol. The van der Waals surface area contributed by atoms with E-state index in [-0.39, 0.29) is 0 Å². The Morgan fingerprint density at radius 2 is 1.86 bits per heavy atom. The summed E-state index contributed by atoms with van der Waals surface area (Å²) in [5.74, 6) is 1.36. The van der Waals surface area contributed by atoms with Gasteiger partial charge in [0.15, 0.2) is 18.0 Å². The highest BCUT2D eigenvalue weighted by Crippen LogP contribution is 2.20. The Balaban J connectivity index is 1.41. The highest BCUT2D eigenvalue weighted by Gasteiger charge is 2.14. The van der Waals surface area contributed by atoms with Gasteiger partial charge in [0, 0.05) is 13.2 Å². The van der Waals surface area contributed by atoms with Crippen molar-refractivity contribution in [3.05, 3.63) is 54.1 Å². The average molecular weight is 374 g/mol. The summed E-state index contributed by atoms with van der Waals surface area (Å²) in [6, 6.07) is 8.00. The zero-order valence-electron chi connectivity index (χ0n) is 15.7. The average Bonchev–Trinajstić information content (AvgIpc) is 3.36. The number of aryl methyl sites for hydroxylation is 3. The summed E-state index contributed by atoms with van der Waals surface area (Å²) in [6.07, 6.45) is 5.23. The van der Waals surface area contributed by atoms with Gasteiger partial charge in [-0.2, -0.15) is 10.2 Å². The molecule has 0 saturated carbocycles. The van der Waals surface area contributed by atoms with Gasteiger partial charge in [-0.1, -0.05) is 6.07 Å². The van der Waals surface area contributed by atoms with E-state index in [1.165, 1.54) is 11.1 Å². The van der Waals surface area contributed by atoms with Crippen LogP contribution in [-0.2, 0) is 13.8 Å². The molecule has 0 amide bonds. The summed E-state index contributed by atoms with van der Waals surface area (Å²) >= 11 is 0. The summed E-state index contributed by atoms with van der Waals surface area (Å²) < 4.78 is 10.9. The third-order valence-electron chi connectivity index (χ3n) is 4.50. The van der Waals surface area contributed by atoms with Crippen molar-refractivity contribution in [2.75, 3.05) is 0 Å². The second kappa shape index (κ2) is 6.15. The lowest BCUT2D eigenvalue weighted by Gasteiger charge is -2.08. The van der Waals surface area contributed by atoms with E-state index in [2.05, 4.69) is 45.2 Å². The van der Waals surface area contributed by atoms with Crippen LogP contribution in [0.2, 0.25) is 0 Å². The molecule has 4 heterocycles. The molecule has 0 N–H and O–H groups in total. The van der Waals surface area contributed by atoms with Gasteiger partial charge in [-0.05, 0) is 43.2 Å². The molecular formula is C19H18N8O. The molecule has 1 aromatic carbocycles. The van der Waals surface area contributed by atoms with Crippen LogP contribution in [0.5, 0.6) is 5.75 Å². The topological polar surface area (TPSA) is 88.0 Å². The first-order valence-electron chi connectivity index (χ1n) is 8.85. The quantitative estimate of drug-likeness (QED) is 0.480. The number of benzene rings is 1. The van der Waals surface area contributed by atoms with Crippen molar-refractivity contribution < 1.29 is 4.74 Å². The van der Waals surface area contributed by atoms with Crippen molar-refractivity contribution in [1.82, 2.24) is 39.1 Å². The lowest BCUT2D eigenvalue weighted by atomic mass is 10.1. The van der Waals surface area contributed by atoms with Gasteiger partial charge in [0.05, 0.1) is 11.6 Å². The fourth-order valence-corrected chi connectivity index (χ4v) is 3.26. The zero-order chi connectivity index (χ0) is 19.3. The van der Waals surface area contributed by atoms with E-state index >= 15 is 0 Å². The normalized spacial score (nSPS) is 11.5. The number of hydrogen-bond acceptors (Lipinski definition) is 6. The van der Waals surface area contributed by atoms with Crippen molar-refractivity contribution in [3.8, 4) is 17.3 Å². The number of ether oxygens (including phenoxy) is 1. The molecule has 5 rings (SSSR count). The maximum Gasteiger partial charge on any atom is 0.202 e. The SMILES string of the molecule is Cc1cc(C)cc(OCn2ccc(-c3nc4c5cnn(C)c5ncn4n3)n2)c1. The molecule has 4 aromatic heterocycles. The highest BCUT2D eigenvalue weighted by atomic mass is 16.5. The van der Waals surface area contributed by atoms with Gasteiger partial charge in [-0.25, -0.2) is 19.2 Å². The van der Waals surface area contributed by atoms with Crippen molar-refractivity contribution in [2.45, 2.75) is 20.6 Å². The number of fused-ring (bicyclic) bond motifs is 3. The van der Waals surface area contributed by atoms with Gasteiger partial charge in [-0.3, -0.25) is 4.68 Å². The smallest absolute Gasteiger partial charge is 0.202 e. The summed E-state index contributed by atoms with van der Waals surface area (Å²) in [5, 5.41) is 14.1. The van der Waals surface area contributed by atoms with Gasteiger partial charge in [0.1, 0.15) is 17.8 Å². The Kier molecular flexibility index (Phi) is 3.61. The van der Waals surface area contributed by atoms with Crippen LogP contribution in [0.4, 0.5) is 0 Å². The van der Waals surface area contributed by atoms with Crippen LogP contribution in [0.15, 0.2) is 43.0 Å². The molecule has 9 heteroatoms. The minimum Gasteiger partial charge on any atom is -0.471 e. The van der Waals surface area contributed by atoms with Gasteiger partial charge < -0.3 is 4.74 Å². The lowest BCUT2D eigenvalue weighted by Crippen LogP contribution is -2.06. The van der Waals surface area contributed by atoms with E-state index in [0.29, 0.717) is 23.9 Å². The first-order chi connectivity index (χ1) is 13.6. The summed E-state index contributed by atoms with van der Waals surface area (Å²) in [7, 11) is 1.85. The second-order valence-corrected chi connectivity index (χ2v) is 6.79. The molecule has 0 aliphatic carbocycles. The van der Waals surface area contributed by atoms with E-state index in [4.69, 9.17) is 4.74 Å². The molecule has 9 nitrogen and oxygen atoms in total. The van der Waals surface area contributed by atoms with Crippen molar-refractivity contribution >= 4 is 16.7 Å². The molecule has 28 heavy (non-hydrogen) atoms. The van der Waals surface area contributed by atoms with E-state index in [0.717, 1.165) is 16.8 Å². The molecule has 140 valence electrons. The van der Waals surface area contributed by atoms with Gasteiger partial charge in [0.25, 0.3) is 0 Å². The molecule has 0 atom stereocenters. The maximum atomic E-state index is 5.86. The fraction of sp³-hybridized carbons (Fsp3) is 0.211. The van der Waals surface area contributed by atoms with Crippen LogP contribution in [0.1, 0.15) is 11.1 Å². The number of nitrogens with zero attached hydrogens (tertiary/aromatic N) is 8. The van der Waals surface area contributed by atoms with E-state index < -0.39 is 0 Å². The minimum absolute atomic E-state index is 0.310. The zero-order valence-corrected chi connectivity index (χ0v) is 15.7. The van der Waals surface area contributed by atoms with Crippen LogP contribution in [-0.4, -0.2) is 39.1 Å². The molecule has 0 fully saturated rings. The summed E-state index contributed by atoms with van der Waals surface area (Å²) in [6.45, 7) is 4.41. The van der Waals surface area contributed by atoms with Crippen LogP contribution in [0.25, 0.3) is 28.2 Å². The second-order valence-electron chi connectivity index (χ2n) is 6.79. The largest absolute Gasteiger partial charge is 0.471 e. The van der Waals surface area contributed by atoms with Crippen molar-refractivity contribution in [2.24, 2.45) is 7.05 Å². The Morgan fingerprint density at radius 3 is 2.68 bits per heavy atom. The third kappa shape index (κ3) is 2.77. The number of aromatic nitrogens is 8. The highest BCUT2D eigenvalue weighted by molar-refractivity contribution is 5.88. The third-order valence-corrected chi connectivity index (χ3v) is 4.50. The first kappa shape index (κ1) is 16.4. The van der Waals surface area contributed by atoms with Crippen molar-refractivity contribution in [1.29, 1.82) is 0 Å². The Labute approximate surface area is 160 Å². The lowest BCUT2D eigenvalue weighted by molar-refractivity contribution is 0.221. The van der Waals surface area contributed by atoms with Crippen LogP contribution in [0, 0.1) is 13.8 Å². The predicted octanol–water partition coefficient (Wildman–Crippen LogP) is 2.53. The van der Waals surface area contributed by atoms with E-state index in [1.54, 1.807) is 26.4 Å². The van der Waals surface area contributed by atoms with Crippen LogP contribution < -0.4 is 4.74 Å². The van der Waals surface area contributed by atoms with Crippen LogP contribution in [0.3, 0.4) is 0 Å². The molecule has 0 aliphatic heterocycles. The molecular weight excluding hydrogens is 356 g/mol. The van der Waals surface area contributed by atoms with Gasteiger partial charge in [-0.15, -0.1) is 5.10 Å². The molecule has 5 aromatic rings. The summed E-state index contributed by atoms with van der Waals surface area (Å²) in [5.41, 5.74) is 4.47. The molecule has 0 spiro atoms. The van der Waals surface area contributed by atoms with E-state index in [9.17, 15) is 0 Å². The van der Waals surface area contributed by atoms with Gasteiger partial charge >= 0.3 is 0 Å². The molecule has 0 aliphatic rings. The Morgan fingerprint density at radius 1 is 1.04 bits per heavy atom. The maximum absolute atomic E-state index is 5.86. The van der Waals surface area contributed by atoms with E-state index in [1.807, 2.05) is 31.4 Å². The standard InChI is InChI=1S/C19H18N8O/c1-12-6-13(2)8-14(7-12)28-11-26-5-4-16(23-26)17-22-19-15-9-21-25(3)18(15)20-10-27(19)24-17/h4-10H,11H2,1-3H3. The minimum atomic E-state index is 0.310.